The van der Waals surface area contributed by atoms with Gasteiger partial charge in [-0.25, -0.2) is 9.97 Å². The van der Waals surface area contributed by atoms with E-state index >= 15 is 0 Å². The molecule has 0 spiro atoms. The molecule has 0 unspecified atom stereocenters. The Kier molecular flexibility index (Phi) is 9.31. The summed E-state index contributed by atoms with van der Waals surface area (Å²) in [5.74, 6) is 1.86. The maximum absolute atomic E-state index is 11.2. The van der Waals surface area contributed by atoms with Crippen molar-refractivity contribution >= 4 is 33.7 Å². The fourth-order valence-corrected chi connectivity index (χ4v) is 4.82. The molecule has 38 heavy (non-hydrogen) atoms. The van der Waals surface area contributed by atoms with Crippen LogP contribution in [0.4, 0.5) is 5.82 Å². The van der Waals surface area contributed by atoms with Crippen LogP contribution in [0.15, 0.2) is 48.5 Å². The normalized spacial score (nSPS) is 11.7. The number of unbranched alkanes of at least 4 members (excludes halogenated alkanes) is 1. The van der Waals surface area contributed by atoms with Gasteiger partial charge >= 0.3 is 5.97 Å². The zero-order valence-corrected chi connectivity index (χ0v) is 23.1. The van der Waals surface area contributed by atoms with E-state index in [1.165, 1.54) is 12.5 Å². The van der Waals surface area contributed by atoms with Crippen molar-refractivity contribution in [3.05, 3.63) is 59.9 Å². The predicted octanol–water partition coefficient (Wildman–Crippen LogP) is 4.89. The van der Waals surface area contributed by atoms with Gasteiger partial charge in [-0.05, 0) is 50.7 Å². The molecule has 2 aromatic heterocycles. The quantitative estimate of drug-likeness (QED) is 0.200. The highest BCUT2D eigenvalue weighted by Gasteiger charge is 2.17. The number of carbonyl (C=O) groups excluding carboxylic acids is 1. The van der Waals surface area contributed by atoms with Gasteiger partial charge in [-0.15, -0.1) is 0 Å². The Bertz CT molecular complexity index is 1360. The highest BCUT2D eigenvalue weighted by atomic mass is 16.5. The van der Waals surface area contributed by atoms with E-state index < -0.39 is 0 Å². The number of aromatic nitrogens is 3. The zero-order chi connectivity index (χ0) is 27.1. The number of ether oxygens (including phenoxy) is 1. The molecule has 8 nitrogen and oxygen atoms in total. The summed E-state index contributed by atoms with van der Waals surface area (Å²) in [7, 11) is 4.21. The standard InChI is InChI=1S/C30H40N6O2/c1-5-6-12-27-33-28-29(25-10-7-8-11-26(25)32-30(28)31)36(27)18-9-17-35(20-19-34(3)4)21-23-13-15-24(16-14-23)38-22(2)37/h7-8,10-11,13-16H,5-6,9,12,17-21H2,1-4H3,(H2,31,32). The fraction of sp³-hybridized carbons (Fsp3) is 0.433. The number of carbonyl (C=O) groups is 1. The van der Waals surface area contributed by atoms with Crippen LogP contribution in [0.1, 0.15) is 44.5 Å². The molecule has 0 bridgehead atoms. The monoisotopic (exact) mass is 516 g/mol. The van der Waals surface area contributed by atoms with Crippen molar-refractivity contribution in [3.8, 4) is 5.75 Å². The first kappa shape index (κ1) is 27.5. The lowest BCUT2D eigenvalue weighted by atomic mass is 10.1. The van der Waals surface area contributed by atoms with Crippen LogP contribution in [0.25, 0.3) is 21.9 Å². The number of pyridine rings is 1. The molecule has 0 radical (unpaired) electrons. The van der Waals surface area contributed by atoms with Crippen LogP contribution in [0.2, 0.25) is 0 Å². The molecular formula is C30H40N6O2. The number of nitrogens with zero attached hydrogens (tertiary/aromatic N) is 5. The number of fused-ring (bicyclic) bond motifs is 3. The molecular weight excluding hydrogens is 476 g/mol. The number of hydrogen-bond donors (Lipinski definition) is 1. The summed E-state index contributed by atoms with van der Waals surface area (Å²) in [6.45, 7) is 8.22. The van der Waals surface area contributed by atoms with Crippen molar-refractivity contribution in [1.29, 1.82) is 0 Å². The summed E-state index contributed by atoms with van der Waals surface area (Å²) in [5.41, 5.74) is 10.4. The number of esters is 1. The maximum atomic E-state index is 11.2. The number of hydrogen-bond acceptors (Lipinski definition) is 7. The third-order valence-corrected chi connectivity index (χ3v) is 6.75. The molecule has 0 saturated heterocycles. The number of aryl methyl sites for hydroxylation is 2. The van der Waals surface area contributed by atoms with Crippen LogP contribution in [0, 0.1) is 0 Å². The summed E-state index contributed by atoms with van der Waals surface area (Å²) in [6.07, 6.45) is 4.12. The van der Waals surface area contributed by atoms with Crippen LogP contribution in [-0.4, -0.2) is 64.0 Å². The highest BCUT2D eigenvalue weighted by molar-refractivity contribution is 6.06. The molecule has 0 aliphatic heterocycles. The Labute approximate surface area is 225 Å². The molecule has 0 aliphatic rings. The molecule has 0 saturated carbocycles. The van der Waals surface area contributed by atoms with Crippen molar-refractivity contribution in [3.63, 3.8) is 0 Å². The molecule has 8 heteroatoms. The Morgan fingerprint density at radius 2 is 1.76 bits per heavy atom. The third kappa shape index (κ3) is 6.88. The molecule has 0 atom stereocenters. The molecule has 4 rings (SSSR count). The minimum Gasteiger partial charge on any atom is -0.427 e. The van der Waals surface area contributed by atoms with Crippen molar-refractivity contribution in [1.82, 2.24) is 24.3 Å². The Morgan fingerprint density at radius 1 is 1.00 bits per heavy atom. The predicted molar refractivity (Wildman–Crippen MR) is 154 cm³/mol. The Morgan fingerprint density at radius 3 is 2.47 bits per heavy atom. The lowest BCUT2D eigenvalue weighted by Gasteiger charge is -2.24. The summed E-state index contributed by atoms with van der Waals surface area (Å²) < 4.78 is 7.57. The van der Waals surface area contributed by atoms with Gasteiger partial charge in [0, 0.05) is 51.5 Å². The molecule has 4 aromatic rings. The fourth-order valence-electron chi connectivity index (χ4n) is 4.82. The molecule has 0 fully saturated rings. The van der Waals surface area contributed by atoms with Gasteiger partial charge in [-0.2, -0.15) is 0 Å². The number of anilines is 1. The van der Waals surface area contributed by atoms with E-state index in [1.54, 1.807) is 0 Å². The summed E-state index contributed by atoms with van der Waals surface area (Å²) >= 11 is 0. The average molecular weight is 517 g/mol. The van der Waals surface area contributed by atoms with Crippen molar-refractivity contribution in [2.75, 3.05) is 39.5 Å². The van der Waals surface area contributed by atoms with Crippen LogP contribution < -0.4 is 10.5 Å². The van der Waals surface area contributed by atoms with E-state index in [2.05, 4.69) is 52.5 Å². The number of para-hydroxylation sites is 1. The third-order valence-electron chi connectivity index (χ3n) is 6.75. The molecule has 0 aliphatic carbocycles. The van der Waals surface area contributed by atoms with Gasteiger partial charge in [-0.1, -0.05) is 43.7 Å². The molecule has 2 N–H and O–H groups in total. The van der Waals surface area contributed by atoms with Crippen LogP contribution in [0.5, 0.6) is 5.75 Å². The number of imidazole rings is 1. The molecule has 2 heterocycles. The first-order valence-corrected chi connectivity index (χ1v) is 13.5. The van der Waals surface area contributed by atoms with Gasteiger partial charge in [0.2, 0.25) is 0 Å². The van der Waals surface area contributed by atoms with Gasteiger partial charge in [0.15, 0.2) is 5.82 Å². The number of rotatable bonds is 13. The zero-order valence-electron chi connectivity index (χ0n) is 23.1. The van der Waals surface area contributed by atoms with Crippen molar-refractivity contribution in [2.45, 2.75) is 52.6 Å². The SMILES string of the molecule is CCCCc1nc2c(N)nc3ccccc3c2n1CCCN(CCN(C)C)Cc1ccc(OC(C)=O)cc1. The summed E-state index contributed by atoms with van der Waals surface area (Å²) in [4.78, 5) is 25.5. The second kappa shape index (κ2) is 12.8. The van der Waals surface area contributed by atoms with Crippen molar-refractivity contribution < 1.29 is 9.53 Å². The number of nitrogens with two attached hydrogens (primary N) is 1. The second-order valence-electron chi connectivity index (χ2n) is 10.2. The van der Waals surface area contributed by atoms with Gasteiger partial charge in [-0.3, -0.25) is 9.69 Å². The van der Waals surface area contributed by atoms with Crippen molar-refractivity contribution in [2.24, 2.45) is 0 Å². The second-order valence-corrected chi connectivity index (χ2v) is 10.2. The molecule has 0 amide bonds. The molecule has 2 aromatic carbocycles. The topological polar surface area (TPSA) is 89.5 Å². The maximum Gasteiger partial charge on any atom is 0.308 e. The first-order chi connectivity index (χ1) is 18.4. The number of likely N-dealkylation sites (N-methyl/N-ethyl adjacent to an activating group) is 1. The van der Waals surface area contributed by atoms with E-state index in [9.17, 15) is 4.79 Å². The summed E-state index contributed by atoms with van der Waals surface area (Å²) in [6, 6.07) is 16.0. The summed E-state index contributed by atoms with van der Waals surface area (Å²) in [5, 5.41) is 1.10. The number of nitrogen functional groups attached to an aromatic ring is 1. The Balaban J connectivity index is 1.54. The van der Waals surface area contributed by atoms with Gasteiger partial charge in [0.1, 0.15) is 17.1 Å². The first-order valence-electron chi connectivity index (χ1n) is 13.5. The van der Waals surface area contributed by atoms with E-state index in [4.69, 9.17) is 15.5 Å². The van der Waals surface area contributed by atoms with Crippen LogP contribution in [0.3, 0.4) is 0 Å². The van der Waals surface area contributed by atoms with E-state index in [-0.39, 0.29) is 5.97 Å². The average Bonchev–Trinajstić information content (AvgIpc) is 3.26. The van der Waals surface area contributed by atoms with Gasteiger partial charge in [0.05, 0.1) is 11.0 Å². The smallest absolute Gasteiger partial charge is 0.308 e. The van der Waals surface area contributed by atoms with Gasteiger partial charge in [0.25, 0.3) is 0 Å². The highest BCUT2D eigenvalue weighted by Crippen LogP contribution is 2.29. The minimum atomic E-state index is -0.305. The lowest BCUT2D eigenvalue weighted by Crippen LogP contribution is -2.32. The number of benzene rings is 2. The van der Waals surface area contributed by atoms with Gasteiger partial charge < -0.3 is 19.9 Å². The molecule has 202 valence electrons. The largest absolute Gasteiger partial charge is 0.427 e. The lowest BCUT2D eigenvalue weighted by molar-refractivity contribution is -0.131. The van der Waals surface area contributed by atoms with Crippen LogP contribution in [-0.2, 0) is 24.3 Å². The Hall–Kier alpha value is -3.49. The van der Waals surface area contributed by atoms with E-state index in [1.807, 2.05) is 36.4 Å². The minimum absolute atomic E-state index is 0.305. The van der Waals surface area contributed by atoms with E-state index in [0.29, 0.717) is 11.6 Å². The van der Waals surface area contributed by atoms with E-state index in [0.717, 1.165) is 86.2 Å². The van der Waals surface area contributed by atoms with Crippen LogP contribution >= 0.6 is 0 Å².